The van der Waals surface area contributed by atoms with Crippen LogP contribution in [0.15, 0.2) is 24.3 Å². The number of benzene rings is 1. The van der Waals surface area contributed by atoms with Crippen molar-refractivity contribution in [2.24, 2.45) is 0 Å². The van der Waals surface area contributed by atoms with Crippen molar-refractivity contribution in [3.63, 3.8) is 0 Å². The number of hydrogen-bond donors (Lipinski definition) is 4. The van der Waals surface area contributed by atoms with Crippen LogP contribution in [0.4, 0.5) is 11.8 Å². The van der Waals surface area contributed by atoms with Gasteiger partial charge in [0.2, 0.25) is 5.95 Å². The summed E-state index contributed by atoms with van der Waals surface area (Å²) in [6, 6.07) is 5.01. The van der Waals surface area contributed by atoms with Gasteiger partial charge in [0, 0.05) is 23.1 Å². The molecule has 0 aliphatic heterocycles. The van der Waals surface area contributed by atoms with Gasteiger partial charge in [-0.3, -0.25) is 10.0 Å². The molecule has 0 saturated carbocycles. The molecule has 2 aromatic rings. The van der Waals surface area contributed by atoms with Gasteiger partial charge >= 0.3 is 0 Å². The molecular weight excluding hydrogens is 386 g/mol. The number of halogens is 1. The summed E-state index contributed by atoms with van der Waals surface area (Å²) in [7, 11) is 0. The van der Waals surface area contributed by atoms with Crippen LogP contribution in [0.2, 0.25) is 5.02 Å². The molecule has 1 amide bonds. The molecule has 1 aromatic carbocycles. The molecule has 0 spiro atoms. The summed E-state index contributed by atoms with van der Waals surface area (Å²) in [5.74, 6) is 0.595. The van der Waals surface area contributed by atoms with Crippen LogP contribution in [-0.2, 0) is 11.2 Å². The molecule has 1 aromatic heterocycles. The molecule has 9 nitrogen and oxygen atoms in total. The third-order valence-corrected chi connectivity index (χ3v) is 3.84. The molecule has 6 N–H and O–H groups in total. The predicted molar refractivity (Wildman–Crippen MR) is 106 cm³/mol. The average Bonchev–Trinajstić information content (AvgIpc) is 2.67. The second kappa shape index (κ2) is 10.3. The quantitative estimate of drug-likeness (QED) is 0.214. The number of ether oxygens (including phenoxy) is 2. The van der Waals surface area contributed by atoms with Crippen molar-refractivity contribution in [1.82, 2.24) is 15.4 Å². The smallest absolute Gasteiger partial charge is 0.267 e. The minimum Gasteiger partial charge on any atom is -0.493 e. The zero-order valence-corrected chi connectivity index (χ0v) is 16.1. The Morgan fingerprint density at radius 3 is 2.75 bits per heavy atom. The Kier molecular flexibility index (Phi) is 7.85. The fraction of sp³-hybridized carbons (Fsp3) is 0.278. The van der Waals surface area contributed by atoms with Gasteiger partial charge in [0.1, 0.15) is 5.75 Å². The second-order valence-electron chi connectivity index (χ2n) is 5.64. The number of rotatable bonds is 9. The van der Waals surface area contributed by atoms with Gasteiger partial charge in [-0.1, -0.05) is 18.5 Å². The molecule has 0 saturated heterocycles. The molecule has 28 heavy (non-hydrogen) atoms. The lowest BCUT2D eigenvalue weighted by Crippen LogP contribution is -2.14. The van der Waals surface area contributed by atoms with Crippen LogP contribution >= 0.6 is 11.6 Å². The van der Waals surface area contributed by atoms with Gasteiger partial charge in [-0.15, -0.1) is 0 Å². The molecule has 0 aliphatic rings. The molecule has 0 unspecified atom stereocenters. The Labute approximate surface area is 167 Å². The molecule has 2 rings (SSSR count). The molecule has 10 heteroatoms. The molecular formula is C18H22ClN5O4. The molecule has 0 radical (unpaired) electrons. The lowest BCUT2D eigenvalue weighted by atomic mass is 10.2. The number of aromatic nitrogens is 2. The number of hydroxylamine groups is 1. The predicted octanol–water partition coefficient (Wildman–Crippen LogP) is 2.22. The van der Waals surface area contributed by atoms with Crippen molar-refractivity contribution >= 4 is 35.4 Å². The summed E-state index contributed by atoms with van der Waals surface area (Å²) in [5, 5.41) is 9.05. The highest BCUT2D eigenvalue weighted by atomic mass is 35.5. The highest BCUT2D eigenvalue weighted by Gasteiger charge is 2.11. The van der Waals surface area contributed by atoms with Crippen LogP contribution in [0, 0.1) is 0 Å². The number of amides is 1. The number of nitrogens with one attached hydrogen (secondary N) is 1. The first-order chi connectivity index (χ1) is 13.4. The number of carbonyl (C=O) groups is 1. The van der Waals surface area contributed by atoms with Crippen LogP contribution in [0.1, 0.15) is 24.6 Å². The van der Waals surface area contributed by atoms with E-state index >= 15 is 0 Å². The van der Waals surface area contributed by atoms with E-state index in [0.29, 0.717) is 53.8 Å². The van der Waals surface area contributed by atoms with E-state index < -0.39 is 5.91 Å². The largest absolute Gasteiger partial charge is 0.493 e. The summed E-state index contributed by atoms with van der Waals surface area (Å²) >= 11 is 6.00. The van der Waals surface area contributed by atoms with Crippen LogP contribution in [0.5, 0.6) is 11.5 Å². The number of nitrogen functional groups attached to an aromatic ring is 2. The van der Waals surface area contributed by atoms with Crippen molar-refractivity contribution in [1.29, 1.82) is 0 Å². The van der Waals surface area contributed by atoms with E-state index in [-0.39, 0.29) is 11.8 Å². The first kappa shape index (κ1) is 21.3. The van der Waals surface area contributed by atoms with Gasteiger partial charge in [0.05, 0.1) is 18.9 Å². The van der Waals surface area contributed by atoms with E-state index in [2.05, 4.69) is 9.97 Å². The number of nitrogens with two attached hydrogens (primary N) is 2. The Morgan fingerprint density at radius 2 is 2.04 bits per heavy atom. The first-order valence-corrected chi connectivity index (χ1v) is 8.91. The molecule has 0 atom stereocenters. The zero-order chi connectivity index (χ0) is 20.5. The first-order valence-electron chi connectivity index (χ1n) is 8.53. The van der Waals surface area contributed by atoms with Crippen LogP contribution in [0.3, 0.4) is 0 Å². The number of carbonyl (C=O) groups excluding carboxylic acids is 1. The molecule has 1 heterocycles. The van der Waals surface area contributed by atoms with Crippen LogP contribution in [-0.4, -0.2) is 34.3 Å². The maximum atomic E-state index is 11.1. The normalized spacial score (nSPS) is 10.8. The minimum atomic E-state index is -0.649. The standard InChI is InChI=1S/C18H22ClN5O4/c1-2-13-16(17(20)23-18(21)22-13)28-9-3-8-27-14-10-12(19)6-4-11(14)5-7-15(25)24-26/h4-7,10,26H,2-3,8-9H2,1H3,(H,24,25)(H4,20,21,22,23)/b7-5+. The molecule has 0 fully saturated rings. The van der Waals surface area contributed by atoms with Crippen LogP contribution in [0.25, 0.3) is 6.08 Å². The highest BCUT2D eigenvalue weighted by Crippen LogP contribution is 2.26. The minimum absolute atomic E-state index is 0.112. The van der Waals surface area contributed by atoms with Gasteiger partial charge in [-0.25, -0.2) is 10.5 Å². The summed E-state index contributed by atoms with van der Waals surface area (Å²) in [6.45, 7) is 2.59. The van der Waals surface area contributed by atoms with E-state index in [4.69, 9.17) is 37.7 Å². The second-order valence-corrected chi connectivity index (χ2v) is 6.07. The summed E-state index contributed by atoms with van der Waals surface area (Å²) < 4.78 is 11.4. The van der Waals surface area contributed by atoms with Gasteiger partial charge in [0.25, 0.3) is 5.91 Å². The third-order valence-electron chi connectivity index (χ3n) is 3.61. The van der Waals surface area contributed by atoms with Gasteiger partial charge in [-0.2, -0.15) is 4.98 Å². The molecule has 0 bridgehead atoms. The number of anilines is 2. The van der Waals surface area contributed by atoms with E-state index in [1.54, 1.807) is 18.2 Å². The maximum Gasteiger partial charge on any atom is 0.267 e. The summed E-state index contributed by atoms with van der Waals surface area (Å²) in [5.41, 5.74) is 14.2. The fourth-order valence-corrected chi connectivity index (χ4v) is 2.48. The van der Waals surface area contributed by atoms with Gasteiger partial charge in [0.15, 0.2) is 11.6 Å². The Morgan fingerprint density at radius 1 is 1.29 bits per heavy atom. The number of aryl methyl sites for hydroxylation is 1. The monoisotopic (exact) mass is 407 g/mol. The van der Waals surface area contributed by atoms with E-state index in [1.165, 1.54) is 17.6 Å². The third kappa shape index (κ3) is 6.00. The average molecular weight is 408 g/mol. The number of nitrogens with zero attached hydrogens (tertiary/aromatic N) is 2. The van der Waals surface area contributed by atoms with Crippen molar-refractivity contribution in [3.05, 3.63) is 40.6 Å². The van der Waals surface area contributed by atoms with Crippen LogP contribution < -0.4 is 26.4 Å². The van der Waals surface area contributed by atoms with Crippen molar-refractivity contribution in [2.45, 2.75) is 19.8 Å². The van der Waals surface area contributed by atoms with E-state index in [1.807, 2.05) is 6.92 Å². The SMILES string of the molecule is CCc1nc(N)nc(N)c1OCCCOc1cc(Cl)ccc1/C=C/C(=O)NO. The van der Waals surface area contributed by atoms with E-state index in [0.717, 1.165) is 0 Å². The van der Waals surface area contributed by atoms with Crippen molar-refractivity contribution in [2.75, 3.05) is 24.7 Å². The van der Waals surface area contributed by atoms with Crippen molar-refractivity contribution in [3.8, 4) is 11.5 Å². The van der Waals surface area contributed by atoms with Gasteiger partial charge in [-0.05, 0) is 30.7 Å². The van der Waals surface area contributed by atoms with Crippen molar-refractivity contribution < 1.29 is 19.5 Å². The maximum absolute atomic E-state index is 11.1. The lowest BCUT2D eigenvalue weighted by molar-refractivity contribution is -0.124. The summed E-state index contributed by atoms with van der Waals surface area (Å²) in [4.78, 5) is 19.2. The fourth-order valence-electron chi connectivity index (χ4n) is 2.32. The van der Waals surface area contributed by atoms with E-state index in [9.17, 15) is 4.79 Å². The van der Waals surface area contributed by atoms with Gasteiger partial charge < -0.3 is 20.9 Å². The Balaban J connectivity index is 1.93. The Bertz CT molecular complexity index is 860. The number of hydrogen-bond acceptors (Lipinski definition) is 8. The Hall–Kier alpha value is -3.04. The molecule has 0 aliphatic carbocycles. The lowest BCUT2D eigenvalue weighted by Gasteiger charge is -2.13. The summed E-state index contributed by atoms with van der Waals surface area (Å²) in [6.07, 6.45) is 3.85. The topological polar surface area (TPSA) is 146 Å². The molecule has 150 valence electrons. The zero-order valence-electron chi connectivity index (χ0n) is 15.3. The highest BCUT2D eigenvalue weighted by molar-refractivity contribution is 6.30.